The summed E-state index contributed by atoms with van der Waals surface area (Å²) in [5, 5.41) is 8.40. The van der Waals surface area contributed by atoms with E-state index in [4.69, 9.17) is 5.11 Å². The summed E-state index contributed by atoms with van der Waals surface area (Å²) < 4.78 is 0. The molecule has 0 aromatic carbocycles. The van der Waals surface area contributed by atoms with Crippen molar-refractivity contribution in [2.75, 3.05) is 6.61 Å². The van der Waals surface area contributed by atoms with E-state index in [0.29, 0.717) is 6.61 Å². The van der Waals surface area contributed by atoms with E-state index in [1.807, 2.05) is 6.92 Å². The van der Waals surface area contributed by atoms with Crippen molar-refractivity contribution in [1.29, 1.82) is 0 Å². The molecule has 0 aromatic heterocycles. The Morgan fingerprint density at radius 1 is 1.22 bits per heavy atom. The Balaban J connectivity index is 2.75. The van der Waals surface area contributed by atoms with E-state index in [9.17, 15) is 0 Å². The van der Waals surface area contributed by atoms with Crippen LogP contribution in [0, 0.1) is 0 Å². The number of aliphatic hydroxyl groups is 1. The maximum absolute atomic E-state index is 8.40. The van der Waals surface area contributed by atoms with Gasteiger partial charge in [0.1, 0.15) is 0 Å². The van der Waals surface area contributed by atoms with Gasteiger partial charge in [-0.2, -0.15) is 0 Å². The molecule has 0 bridgehead atoms. The molecule has 0 spiro atoms. The van der Waals surface area contributed by atoms with Gasteiger partial charge >= 0.3 is 0 Å². The van der Waals surface area contributed by atoms with Crippen LogP contribution < -0.4 is 0 Å². The molecule has 1 heteroatoms. The van der Waals surface area contributed by atoms with Gasteiger partial charge in [-0.1, -0.05) is 18.6 Å². The standard InChI is InChI=1S/C8H16O/c1-2-3-4-5-6-7-8-9/h2-3,9H,4-8H2,1H3/b3-2-. The fraction of sp³-hybridized carbons (Fsp3) is 0.750. The molecule has 0 amide bonds. The Hall–Kier alpha value is -0.300. The van der Waals surface area contributed by atoms with Gasteiger partial charge < -0.3 is 5.11 Å². The van der Waals surface area contributed by atoms with Crippen molar-refractivity contribution in [1.82, 2.24) is 0 Å². The van der Waals surface area contributed by atoms with Gasteiger partial charge in [-0.05, 0) is 26.2 Å². The van der Waals surface area contributed by atoms with E-state index in [1.165, 1.54) is 6.42 Å². The number of hydrogen-bond donors (Lipinski definition) is 1. The van der Waals surface area contributed by atoms with Crippen molar-refractivity contribution < 1.29 is 5.11 Å². The van der Waals surface area contributed by atoms with Crippen LogP contribution in [0.4, 0.5) is 0 Å². The lowest BCUT2D eigenvalue weighted by Gasteiger charge is -1.92. The highest BCUT2D eigenvalue weighted by molar-refractivity contribution is 4.75. The van der Waals surface area contributed by atoms with Crippen LogP contribution in [0.15, 0.2) is 12.2 Å². The molecule has 0 unspecified atom stereocenters. The van der Waals surface area contributed by atoms with Gasteiger partial charge in [-0.15, -0.1) is 0 Å². The van der Waals surface area contributed by atoms with Crippen LogP contribution in [0.5, 0.6) is 0 Å². The second kappa shape index (κ2) is 7.70. The summed E-state index contributed by atoms with van der Waals surface area (Å²) in [5.74, 6) is 0. The summed E-state index contributed by atoms with van der Waals surface area (Å²) >= 11 is 0. The van der Waals surface area contributed by atoms with Gasteiger partial charge in [0, 0.05) is 6.61 Å². The molecule has 0 aliphatic carbocycles. The molecule has 0 rings (SSSR count). The Morgan fingerprint density at radius 3 is 2.56 bits per heavy atom. The average molecular weight is 128 g/mol. The lowest BCUT2D eigenvalue weighted by Crippen LogP contribution is -1.81. The van der Waals surface area contributed by atoms with Crippen LogP contribution in [0.2, 0.25) is 0 Å². The summed E-state index contributed by atoms with van der Waals surface area (Å²) in [6.45, 7) is 2.38. The quantitative estimate of drug-likeness (QED) is 0.444. The zero-order valence-corrected chi connectivity index (χ0v) is 6.14. The predicted octanol–water partition coefficient (Wildman–Crippen LogP) is 2.12. The second-order valence-electron chi connectivity index (χ2n) is 2.14. The molecule has 0 radical (unpaired) electrons. The molecule has 0 saturated carbocycles. The third-order valence-electron chi connectivity index (χ3n) is 1.26. The minimum absolute atomic E-state index is 0.343. The summed E-state index contributed by atoms with van der Waals surface area (Å²) in [4.78, 5) is 0. The van der Waals surface area contributed by atoms with Gasteiger partial charge in [0.2, 0.25) is 0 Å². The smallest absolute Gasteiger partial charge is 0.0431 e. The SMILES string of the molecule is C/C=C\CCCCCO. The monoisotopic (exact) mass is 128 g/mol. The molecule has 0 fully saturated rings. The van der Waals surface area contributed by atoms with Crippen molar-refractivity contribution in [3.8, 4) is 0 Å². The molecule has 1 N–H and O–H groups in total. The van der Waals surface area contributed by atoms with E-state index in [-0.39, 0.29) is 0 Å². The van der Waals surface area contributed by atoms with E-state index < -0.39 is 0 Å². The molecule has 9 heavy (non-hydrogen) atoms. The summed E-state index contributed by atoms with van der Waals surface area (Å²) in [7, 11) is 0. The number of allylic oxidation sites excluding steroid dienone is 2. The van der Waals surface area contributed by atoms with E-state index in [0.717, 1.165) is 19.3 Å². The van der Waals surface area contributed by atoms with Gasteiger partial charge in [0.05, 0.1) is 0 Å². The van der Waals surface area contributed by atoms with Crippen molar-refractivity contribution in [2.24, 2.45) is 0 Å². The molecular weight excluding hydrogens is 112 g/mol. The van der Waals surface area contributed by atoms with E-state index >= 15 is 0 Å². The highest BCUT2D eigenvalue weighted by Crippen LogP contribution is 1.98. The van der Waals surface area contributed by atoms with Crippen molar-refractivity contribution in [2.45, 2.75) is 32.6 Å². The van der Waals surface area contributed by atoms with Crippen molar-refractivity contribution >= 4 is 0 Å². The predicted molar refractivity (Wildman–Crippen MR) is 40.4 cm³/mol. The van der Waals surface area contributed by atoms with Gasteiger partial charge in [0.25, 0.3) is 0 Å². The topological polar surface area (TPSA) is 20.2 Å². The lowest BCUT2D eigenvalue weighted by molar-refractivity contribution is 0.283. The molecule has 54 valence electrons. The second-order valence-corrected chi connectivity index (χ2v) is 2.14. The van der Waals surface area contributed by atoms with Crippen LogP contribution in [-0.4, -0.2) is 11.7 Å². The molecule has 0 aliphatic heterocycles. The maximum atomic E-state index is 8.40. The van der Waals surface area contributed by atoms with Crippen LogP contribution in [0.1, 0.15) is 32.6 Å². The molecular formula is C8H16O. The average Bonchev–Trinajstić information content (AvgIpc) is 1.89. The zero-order chi connectivity index (χ0) is 6.95. The van der Waals surface area contributed by atoms with Crippen molar-refractivity contribution in [3.63, 3.8) is 0 Å². The molecule has 0 saturated heterocycles. The first-order valence-electron chi connectivity index (χ1n) is 3.64. The number of hydrogen-bond acceptors (Lipinski definition) is 1. The Labute approximate surface area is 57.4 Å². The number of aliphatic hydroxyl groups excluding tert-OH is 1. The van der Waals surface area contributed by atoms with Gasteiger partial charge in [0.15, 0.2) is 0 Å². The van der Waals surface area contributed by atoms with Crippen LogP contribution in [-0.2, 0) is 0 Å². The molecule has 0 heterocycles. The molecule has 1 nitrogen and oxygen atoms in total. The first-order chi connectivity index (χ1) is 4.41. The third kappa shape index (κ3) is 7.70. The minimum Gasteiger partial charge on any atom is -0.396 e. The summed E-state index contributed by atoms with van der Waals surface area (Å²) in [6, 6.07) is 0. The molecule has 0 aromatic rings. The molecule has 0 atom stereocenters. The summed E-state index contributed by atoms with van der Waals surface area (Å²) in [6.07, 6.45) is 8.72. The largest absolute Gasteiger partial charge is 0.396 e. The minimum atomic E-state index is 0.343. The van der Waals surface area contributed by atoms with Crippen molar-refractivity contribution in [3.05, 3.63) is 12.2 Å². The number of rotatable bonds is 5. The van der Waals surface area contributed by atoms with Crippen LogP contribution in [0.3, 0.4) is 0 Å². The van der Waals surface area contributed by atoms with E-state index in [1.54, 1.807) is 0 Å². The van der Waals surface area contributed by atoms with Gasteiger partial charge in [-0.3, -0.25) is 0 Å². The zero-order valence-electron chi connectivity index (χ0n) is 6.14. The third-order valence-corrected chi connectivity index (χ3v) is 1.26. The highest BCUT2D eigenvalue weighted by Gasteiger charge is 1.82. The highest BCUT2D eigenvalue weighted by atomic mass is 16.2. The Bertz CT molecular complexity index is 67.0. The molecule has 0 aliphatic rings. The van der Waals surface area contributed by atoms with Crippen LogP contribution in [0.25, 0.3) is 0 Å². The summed E-state index contributed by atoms with van der Waals surface area (Å²) in [5.41, 5.74) is 0. The first-order valence-corrected chi connectivity index (χ1v) is 3.64. The Kier molecular flexibility index (Phi) is 7.44. The van der Waals surface area contributed by atoms with E-state index in [2.05, 4.69) is 12.2 Å². The number of unbranched alkanes of at least 4 members (excludes halogenated alkanes) is 3. The Morgan fingerprint density at radius 2 is 2.00 bits per heavy atom. The first kappa shape index (κ1) is 8.70. The fourth-order valence-electron chi connectivity index (χ4n) is 0.717. The lowest BCUT2D eigenvalue weighted by atomic mass is 10.2. The maximum Gasteiger partial charge on any atom is 0.0431 e. The fourth-order valence-corrected chi connectivity index (χ4v) is 0.717. The van der Waals surface area contributed by atoms with Gasteiger partial charge in [-0.25, -0.2) is 0 Å². The van der Waals surface area contributed by atoms with Crippen LogP contribution >= 0.6 is 0 Å². The normalized spacial score (nSPS) is 10.9.